The maximum absolute atomic E-state index is 11.6. The summed E-state index contributed by atoms with van der Waals surface area (Å²) in [6.07, 6.45) is 1.19. The standard InChI is InChI=1S/C15H15Cl2NO2S/c1-10(14-7-6-11(16)8-15(14)17)18-12-4-3-5-13(9-12)21(2,19)20/h3-10,18H,1-2H3. The molecule has 2 aromatic rings. The molecule has 0 aromatic heterocycles. The fraction of sp³-hybridized carbons (Fsp3) is 0.200. The lowest BCUT2D eigenvalue weighted by molar-refractivity contribution is 0.602. The lowest BCUT2D eigenvalue weighted by Gasteiger charge is -2.17. The second-order valence-corrected chi connectivity index (χ2v) is 7.69. The van der Waals surface area contributed by atoms with Crippen LogP contribution in [0, 0.1) is 0 Å². The van der Waals surface area contributed by atoms with Gasteiger partial charge in [0.2, 0.25) is 0 Å². The molecule has 1 unspecified atom stereocenters. The molecule has 0 saturated heterocycles. The van der Waals surface area contributed by atoms with E-state index < -0.39 is 9.84 Å². The van der Waals surface area contributed by atoms with Crippen LogP contribution >= 0.6 is 23.2 Å². The molecule has 0 aliphatic heterocycles. The largest absolute Gasteiger partial charge is 0.378 e. The van der Waals surface area contributed by atoms with Crippen LogP contribution in [-0.2, 0) is 9.84 Å². The molecule has 0 aliphatic carbocycles. The molecule has 0 saturated carbocycles. The van der Waals surface area contributed by atoms with E-state index in [1.54, 1.807) is 30.3 Å². The summed E-state index contributed by atoms with van der Waals surface area (Å²) in [7, 11) is -3.22. The highest BCUT2D eigenvalue weighted by Crippen LogP contribution is 2.29. The predicted octanol–water partition coefficient (Wildman–Crippen LogP) is 4.57. The van der Waals surface area contributed by atoms with E-state index >= 15 is 0 Å². The molecule has 21 heavy (non-hydrogen) atoms. The molecule has 6 heteroatoms. The zero-order chi connectivity index (χ0) is 15.6. The molecule has 0 bridgehead atoms. The average Bonchev–Trinajstić information content (AvgIpc) is 2.37. The third kappa shape index (κ3) is 4.13. The van der Waals surface area contributed by atoms with Crippen molar-refractivity contribution in [3.8, 4) is 0 Å². The van der Waals surface area contributed by atoms with Crippen LogP contribution in [0.2, 0.25) is 10.0 Å². The highest BCUT2D eigenvalue weighted by Gasteiger charge is 2.12. The number of nitrogens with one attached hydrogen (secondary N) is 1. The number of sulfone groups is 1. The highest BCUT2D eigenvalue weighted by atomic mass is 35.5. The number of hydrogen-bond acceptors (Lipinski definition) is 3. The Morgan fingerprint density at radius 1 is 1.10 bits per heavy atom. The van der Waals surface area contributed by atoms with Crippen molar-refractivity contribution in [2.24, 2.45) is 0 Å². The van der Waals surface area contributed by atoms with E-state index in [9.17, 15) is 8.42 Å². The van der Waals surface area contributed by atoms with E-state index in [0.717, 1.165) is 11.3 Å². The fourth-order valence-electron chi connectivity index (χ4n) is 2.00. The predicted molar refractivity (Wildman–Crippen MR) is 88.1 cm³/mol. The van der Waals surface area contributed by atoms with Crippen LogP contribution in [0.4, 0.5) is 5.69 Å². The Balaban J connectivity index is 2.25. The summed E-state index contributed by atoms with van der Waals surface area (Å²) in [5.41, 5.74) is 1.61. The Kier molecular flexibility index (Phi) is 4.81. The van der Waals surface area contributed by atoms with Crippen LogP contribution in [0.15, 0.2) is 47.4 Å². The quantitative estimate of drug-likeness (QED) is 0.884. The third-order valence-electron chi connectivity index (χ3n) is 3.07. The molecular formula is C15H15Cl2NO2S. The van der Waals surface area contributed by atoms with Crippen molar-refractivity contribution in [1.82, 2.24) is 0 Å². The van der Waals surface area contributed by atoms with Gasteiger partial charge in [0.1, 0.15) is 0 Å². The highest BCUT2D eigenvalue weighted by molar-refractivity contribution is 7.90. The second-order valence-electron chi connectivity index (χ2n) is 4.83. The van der Waals surface area contributed by atoms with Crippen molar-refractivity contribution in [1.29, 1.82) is 0 Å². The first-order valence-electron chi connectivity index (χ1n) is 6.29. The van der Waals surface area contributed by atoms with Gasteiger partial charge in [-0.15, -0.1) is 0 Å². The molecule has 0 aliphatic rings. The zero-order valence-electron chi connectivity index (χ0n) is 11.6. The SMILES string of the molecule is CC(Nc1cccc(S(C)(=O)=O)c1)c1ccc(Cl)cc1Cl. The first-order chi connectivity index (χ1) is 9.77. The van der Waals surface area contributed by atoms with Crippen molar-refractivity contribution in [2.75, 3.05) is 11.6 Å². The van der Waals surface area contributed by atoms with E-state index in [-0.39, 0.29) is 10.9 Å². The van der Waals surface area contributed by atoms with Gasteiger partial charge in [0.05, 0.1) is 4.90 Å². The topological polar surface area (TPSA) is 46.2 Å². The summed E-state index contributed by atoms with van der Waals surface area (Å²) in [6.45, 7) is 1.95. The Morgan fingerprint density at radius 3 is 2.43 bits per heavy atom. The molecule has 112 valence electrons. The second kappa shape index (κ2) is 6.26. The van der Waals surface area contributed by atoms with E-state index in [1.165, 1.54) is 6.26 Å². The Bertz CT molecular complexity index is 760. The number of halogens is 2. The van der Waals surface area contributed by atoms with Crippen LogP contribution in [0.5, 0.6) is 0 Å². The molecule has 0 amide bonds. The van der Waals surface area contributed by atoms with Crippen LogP contribution in [-0.4, -0.2) is 14.7 Å². The van der Waals surface area contributed by atoms with Crippen molar-refractivity contribution < 1.29 is 8.42 Å². The maximum Gasteiger partial charge on any atom is 0.175 e. The lowest BCUT2D eigenvalue weighted by Crippen LogP contribution is -2.08. The molecule has 0 fully saturated rings. The Hall–Kier alpha value is -1.23. The van der Waals surface area contributed by atoms with E-state index in [1.807, 2.05) is 19.1 Å². The fourth-order valence-corrected chi connectivity index (χ4v) is 3.24. The molecule has 1 N–H and O–H groups in total. The van der Waals surface area contributed by atoms with Crippen molar-refractivity contribution >= 4 is 38.7 Å². The van der Waals surface area contributed by atoms with Gasteiger partial charge in [0.25, 0.3) is 0 Å². The summed E-state index contributed by atoms with van der Waals surface area (Å²) in [6, 6.07) is 11.9. The Labute approximate surface area is 134 Å². The molecule has 0 spiro atoms. The summed E-state index contributed by atoms with van der Waals surface area (Å²) in [5, 5.41) is 4.39. The van der Waals surface area contributed by atoms with Gasteiger partial charge in [-0.1, -0.05) is 35.3 Å². The molecule has 1 atom stereocenters. The minimum atomic E-state index is -3.22. The van der Waals surface area contributed by atoms with Gasteiger partial charge in [0.15, 0.2) is 9.84 Å². The van der Waals surface area contributed by atoms with Crippen molar-refractivity contribution in [3.63, 3.8) is 0 Å². The third-order valence-corrected chi connectivity index (χ3v) is 4.75. The number of rotatable bonds is 4. The first kappa shape index (κ1) is 16.1. The normalized spacial score (nSPS) is 13.0. The summed E-state index contributed by atoms with van der Waals surface area (Å²) >= 11 is 12.1. The molecule has 0 heterocycles. The number of anilines is 1. The smallest absolute Gasteiger partial charge is 0.175 e. The van der Waals surface area contributed by atoms with Crippen molar-refractivity contribution in [3.05, 3.63) is 58.1 Å². The molecular weight excluding hydrogens is 329 g/mol. The van der Waals surface area contributed by atoms with Crippen LogP contribution < -0.4 is 5.32 Å². The maximum atomic E-state index is 11.6. The van der Waals surface area contributed by atoms with Crippen LogP contribution in [0.25, 0.3) is 0 Å². The minimum absolute atomic E-state index is 0.0791. The van der Waals surface area contributed by atoms with Gasteiger partial charge >= 0.3 is 0 Å². The Morgan fingerprint density at radius 2 is 1.81 bits per heavy atom. The van der Waals surface area contributed by atoms with Gasteiger partial charge < -0.3 is 5.32 Å². The molecule has 2 aromatic carbocycles. The van der Waals surface area contributed by atoms with E-state index in [0.29, 0.717) is 10.0 Å². The summed E-state index contributed by atoms with van der Waals surface area (Å²) in [5.74, 6) is 0. The van der Waals surface area contributed by atoms with Crippen LogP contribution in [0.1, 0.15) is 18.5 Å². The average molecular weight is 344 g/mol. The first-order valence-corrected chi connectivity index (χ1v) is 8.94. The van der Waals surface area contributed by atoms with E-state index in [2.05, 4.69) is 5.32 Å². The van der Waals surface area contributed by atoms with Gasteiger partial charge in [-0.3, -0.25) is 0 Å². The zero-order valence-corrected chi connectivity index (χ0v) is 13.9. The monoisotopic (exact) mass is 343 g/mol. The minimum Gasteiger partial charge on any atom is -0.378 e. The molecule has 2 rings (SSSR count). The number of benzene rings is 2. The summed E-state index contributed by atoms with van der Waals surface area (Å²) < 4.78 is 23.1. The van der Waals surface area contributed by atoms with Crippen molar-refractivity contribution in [2.45, 2.75) is 17.9 Å². The van der Waals surface area contributed by atoms with Gasteiger partial charge in [-0.25, -0.2) is 8.42 Å². The molecule has 3 nitrogen and oxygen atoms in total. The van der Waals surface area contributed by atoms with Crippen LogP contribution in [0.3, 0.4) is 0 Å². The lowest BCUT2D eigenvalue weighted by atomic mass is 10.1. The number of hydrogen-bond donors (Lipinski definition) is 1. The molecule has 0 radical (unpaired) electrons. The summed E-state index contributed by atoms with van der Waals surface area (Å²) in [4.78, 5) is 0.280. The van der Waals surface area contributed by atoms with E-state index in [4.69, 9.17) is 23.2 Å². The van der Waals surface area contributed by atoms with Gasteiger partial charge in [-0.2, -0.15) is 0 Å². The van der Waals surface area contributed by atoms with Gasteiger partial charge in [-0.05, 0) is 42.8 Å². The van der Waals surface area contributed by atoms with Gasteiger partial charge in [0, 0.05) is 28.0 Å².